The third kappa shape index (κ3) is 7.76. The lowest BCUT2D eigenvalue weighted by atomic mass is 9.76. The zero-order valence-corrected chi connectivity index (χ0v) is 33.3. The van der Waals surface area contributed by atoms with Crippen LogP contribution in [0.2, 0.25) is 0 Å². The van der Waals surface area contributed by atoms with E-state index in [-0.39, 0.29) is 47.7 Å². The highest BCUT2D eigenvalue weighted by Gasteiger charge is 2.52. The Bertz CT molecular complexity index is 1810. The van der Waals surface area contributed by atoms with E-state index in [2.05, 4.69) is 100.0 Å². The number of aryl methyl sites for hydroxylation is 1. The molecule has 3 saturated heterocycles. The van der Waals surface area contributed by atoms with Crippen LogP contribution < -0.4 is 20.4 Å². The molecule has 53 heavy (non-hydrogen) atoms. The molecule has 3 aliphatic heterocycles. The molecule has 0 bridgehead atoms. The van der Waals surface area contributed by atoms with Gasteiger partial charge in [0.05, 0.1) is 34.4 Å². The molecule has 4 heterocycles. The molecular formula is C42H60BN5O5. The summed E-state index contributed by atoms with van der Waals surface area (Å²) in [7, 11) is 1.56. The number of hydrogen-bond acceptors (Lipinski definition) is 8. The highest BCUT2D eigenvalue weighted by molar-refractivity contribution is 6.62. The molecule has 2 aromatic carbocycles. The van der Waals surface area contributed by atoms with Crippen molar-refractivity contribution in [1.82, 2.24) is 20.0 Å². The summed E-state index contributed by atoms with van der Waals surface area (Å²) in [6, 6.07) is 12.7. The Morgan fingerprint density at radius 3 is 2.34 bits per heavy atom. The van der Waals surface area contributed by atoms with E-state index >= 15 is 0 Å². The zero-order chi connectivity index (χ0) is 37.7. The highest BCUT2D eigenvalue weighted by Crippen LogP contribution is 2.38. The summed E-state index contributed by atoms with van der Waals surface area (Å²) < 4.78 is 21.2. The number of hydrogen-bond donors (Lipinski definition) is 1. The number of amides is 2. The topological polar surface area (TPSA) is 98.2 Å². The van der Waals surface area contributed by atoms with Gasteiger partial charge in [-0.1, -0.05) is 25.0 Å². The number of nitrogens with zero attached hydrogens (tertiary/aromatic N) is 4. The molecule has 1 N–H and O–H groups in total. The van der Waals surface area contributed by atoms with Gasteiger partial charge in [0.2, 0.25) is 11.8 Å². The van der Waals surface area contributed by atoms with Crippen LogP contribution in [0, 0.1) is 12.8 Å². The minimum absolute atomic E-state index is 0.162. The fraction of sp³-hybridized carbons (Fsp3) is 0.643. The number of piperidine rings is 1. The van der Waals surface area contributed by atoms with E-state index in [9.17, 15) is 9.59 Å². The number of carbonyl (C=O) groups excluding carboxylic acids is 2. The van der Waals surface area contributed by atoms with Crippen LogP contribution in [0.15, 0.2) is 36.4 Å². The van der Waals surface area contributed by atoms with Gasteiger partial charge < -0.3 is 18.9 Å². The maximum absolute atomic E-state index is 12.6. The number of ether oxygens (including phenoxy) is 1. The summed E-state index contributed by atoms with van der Waals surface area (Å²) in [6.45, 7) is 19.4. The summed E-state index contributed by atoms with van der Waals surface area (Å²) in [5, 5.41) is 8.20. The van der Waals surface area contributed by atoms with Crippen LogP contribution in [0.4, 0.5) is 5.69 Å². The molecular weight excluding hydrogens is 665 g/mol. The molecule has 286 valence electrons. The second-order valence-corrected chi connectivity index (χ2v) is 17.7. The van der Waals surface area contributed by atoms with Crippen molar-refractivity contribution in [3.05, 3.63) is 47.7 Å². The first-order chi connectivity index (χ1) is 25.1. The molecule has 4 fully saturated rings. The smallest absolute Gasteiger partial charge is 0.490 e. The zero-order valence-electron chi connectivity index (χ0n) is 33.3. The van der Waals surface area contributed by atoms with Crippen LogP contribution in [-0.4, -0.2) is 82.6 Å². The molecule has 2 amide bonds. The molecule has 3 aromatic rings. The number of piperazine rings is 1. The Morgan fingerprint density at radius 2 is 1.66 bits per heavy atom. The summed E-state index contributed by atoms with van der Waals surface area (Å²) in [5.74, 6) is 0.906. The van der Waals surface area contributed by atoms with Crippen molar-refractivity contribution >= 4 is 41.0 Å². The summed E-state index contributed by atoms with van der Waals surface area (Å²) >= 11 is 0. The fourth-order valence-corrected chi connectivity index (χ4v) is 8.94. The maximum Gasteiger partial charge on any atom is 0.495 e. The Hall–Kier alpha value is -3.41. The number of nitrogens with one attached hydrogen (secondary N) is 1. The molecule has 1 aliphatic carbocycles. The Labute approximate surface area is 316 Å². The van der Waals surface area contributed by atoms with E-state index in [1.807, 2.05) is 11.7 Å². The van der Waals surface area contributed by atoms with Crippen molar-refractivity contribution < 1.29 is 23.6 Å². The van der Waals surface area contributed by atoms with Gasteiger partial charge in [-0.3, -0.25) is 24.5 Å². The molecule has 0 radical (unpaired) electrons. The molecule has 0 spiro atoms. The van der Waals surface area contributed by atoms with E-state index in [0.29, 0.717) is 12.8 Å². The molecule has 11 heteroatoms. The summed E-state index contributed by atoms with van der Waals surface area (Å²) in [5.41, 5.74) is 4.59. The van der Waals surface area contributed by atoms with Gasteiger partial charge in [-0.2, -0.15) is 5.10 Å². The molecule has 7 rings (SSSR count). The first kappa shape index (κ1) is 37.9. The minimum Gasteiger partial charge on any atom is -0.490 e. The monoisotopic (exact) mass is 725 g/mol. The van der Waals surface area contributed by atoms with E-state index in [1.54, 1.807) is 0 Å². The van der Waals surface area contributed by atoms with Crippen molar-refractivity contribution in [3.63, 3.8) is 0 Å². The second kappa shape index (κ2) is 14.7. The third-order valence-corrected chi connectivity index (χ3v) is 13.3. The normalized spacial score (nSPS) is 25.2. The molecule has 1 saturated carbocycles. The molecule has 10 nitrogen and oxygen atoms in total. The van der Waals surface area contributed by atoms with Crippen LogP contribution in [0.3, 0.4) is 0 Å². The number of carbonyl (C=O) groups is 2. The second-order valence-electron chi connectivity index (χ2n) is 17.7. The lowest BCUT2D eigenvalue weighted by Gasteiger charge is -2.45. The predicted octanol–water partition coefficient (Wildman–Crippen LogP) is 6.41. The lowest BCUT2D eigenvalue weighted by Crippen LogP contribution is -2.54. The van der Waals surface area contributed by atoms with Crippen molar-refractivity contribution in [3.8, 4) is 5.75 Å². The van der Waals surface area contributed by atoms with E-state index in [0.717, 1.165) is 78.3 Å². The molecule has 4 aliphatic rings. The van der Waals surface area contributed by atoms with Gasteiger partial charge in [0.25, 0.3) is 0 Å². The molecule has 1 unspecified atom stereocenters. The number of imide groups is 1. The van der Waals surface area contributed by atoms with Gasteiger partial charge >= 0.3 is 7.12 Å². The van der Waals surface area contributed by atoms with Crippen LogP contribution in [0.5, 0.6) is 5.75 Å². The largest absolute Gasteiger partial charge is 0.495 e. The predicted molar refractivity (Wildman–Crippen MR) is 211 cm³/mol. The van der Waals surface area contributed by atoms with Gasteiger partial charge in [-0.15, -0.1) is 0 Å². The van der Waals surface area contributed by atoms with E-state index in [4.69, 9.17) is 19.1 Å². The first-order valence-electron chi connectivity index (χ1n) is 20.0. The van der Waals surface area contributed by atoms with E-state index < -0.39 is 0 Å². The minimum atomic E-state index is -0.385. The van der Waals surface area contributed by atoms with Gasteiger partial charge in [0, 0.05) is 56.3 Å². The molecule has 1 atom stereocenters. The van der Waals surface area contributed by atoms with Crippen molar-refractivity contribution in [1.29, 1.82) is 0 Å². The average molecular weight is 726 g/mol. The SMILES string of the molecule is Cc1c(O[C@H]2CC[C@H](CCCC(C)(C)N3CCN(c4ccc5c(C6CCC(=O)NC6=O)nn(C)c5c4)CC3)CC2)cccc1B1OC(C)(C)C(C)(C)O1. The average Bonchev–Trinajstić information content (AvgIpc) is 3.55. The van der Waals surface area contributed by atoms with Crippen molar-refractivity contribution in [2.75, 3.05) is 31.1 Å². The standard InChI is InChI=1S/C42H60BN5O5/c1-28-34(43-52-41(4,5)42(6,7)53-43)12-9-13-36(28)51-31-17-14-29(15-18-31)11-10-22-40(2,3)48-25-23-47(24-26-48)30-16-19-32-35(27-30)46(8)45-38(32)33-20-21-37(49)44-39(33)50/h9,12-13,16,19,27,29,31,33H,10-11,14-15,17-18,20-26H2,1-8H3,(H,44,49,50)/t29-,31-,33?. The van der Waals surface area contributed by atoms with Gasteiger partial charge in [-0.25, -0.2) is 0 Å². The van der Waals surface area contributed by atoms with E-state index in [1.165, 1.54) is 37.8 Å². The quantitative estimate of drug-likeness (QED) is 0.189. The Kier molecular flexibility index (Phi) is 10.5. The van der Waals surface area contributed by atoms with Gasteiger partial charge in [-0.05, 0) is 128 Å². The Balaban J connectivity index is 0.857. The van der Waals surface area contributed by atoms with Gasteiger partial charge in [0.15, 0.2) is 0 Å². The van der Waals surface area contributed by atoms with Crippen LogP contribution >= 0.6 is 0 Å². The Morgan fingerprint density at radius 1 is 0.962 bits per heavy atom. The summed E-state index contributed by atoms with van der Waals surface area (Å²) in [4.78, 5) is 29.4. The summed E-state index contributed by atoms with van der Waals surface area (Å²) in [6.07, 6.45) is 9.56. The number of aromatic nitrogens is 2. The number of fused-ring (bicyclic) bond motifs is 1. The third-order valence-electron chi connectivity index (χ3n) is 13.3. The lowest BCUT2D eigenvalue weighted by molar-refractivity contribution is -0.134. The van der Waals surface area contributed by atoms with Gasteiger partial charge in [0.1, 0.15) is 5.75 Å². The number of anilines is 1. The van der Waals surface area contributed by atoms with Crippen LogP contribution in [0.1, 0.15) is 117 Å². The van der Waals surface area contributed by atoms with Crippen molar-refractivity contribution in [2.24, 2.45) is 13.0 Å². The van der Waals surface area contributed by atoms with Crippen LogP contribution in [0.25, 0.3) is 10.9 Å². The van der Waals surface area contributed by atoms with Crippen molar-refractivity contribution in [2.45, 2.75) is 135 Å². The first-order valence-corrected chi connectivity index (χ1v) is 20.0. The number of benzene rings is 2. The number of rotatable bonds is 10. The maximum atomic E-state index is 12.6. The van der Waals surface area contributed by atoms with Crippen LogP contribution in [-0.2, 0) is 25.9 Å². The highest BCUT2D eigenvalue weighted by atomic mass is 16.7. The fourth-order valence-electron chi connectivity index (χ4n) is 8.94. The molecule has 1 aromatic heterocycles.